The van der Waals surface area contributed by atoms with Crippen molar-refractivity contribution in [3.63, 3.8) is 0 Å². The largest absolute Gasteiger partial charge is 0.486 e. The average Bonchev–Trinajstić information content (AvgIpc) is 2.59. The Hall–Kier alpha value is -2.53. The third kappa shape index (κ3) is 3.63. The van der Waals surface area contributed by atoms with Crippen LogP contribution in [0.15, 0.2) is 47.6 Å². The van der Waals surface area contributed by atoms with Crippen LogP contribution in [0.5, 0.6) is 11.5 Å². The number of carbonyl (C=O) groups is 1. The van der Waals surface area contributed by atoms with E-state index in [1.54, 1.807) is 24.3 Å². The molecule has 0 aromatic heterocycles. The lowest BCUT2D eigenvalue weighted by Gasteiger charge is -2.18. The first-order valence-corrected chi connectivity index (χ1v) is 7.51. The van der Waals surface area contributed by atoms with Crippen LogP contribution in [0.1, 0.15) is 22.8 Å². The van der Waals surface area contributed by atoms with Gasteiger partial charge in [-0.1, -0.05) is 11.6 Å². The molecule has 0 saturated carbocycles. The Labute approximate surface area is 138 Å². The highest BCUT2D eigenvalue weighted by Gasteiger charge is 2.13. The van der Waals surface area contributed by atoms with Crippen LogP contribution in [0.3, 0.4) is 0 Å². The maximum Gasteiger partial charge on any atom is 0.271 e. The predicted octanol–water partition coefficient (Wildman–Crippen LogP) is 3.27. The van der Waals surface area contributed by atoms with E-state index in [1.165, 1.54) is 0 Å². The van der Waals surface area contributed by atoms with Crippen molar-refractivity contribution in [3.8, 4) is 11.5 Å². The Balaban J connectivity index is 1.72. The minimum absolute atomic E-state index is 0.293. The molecule has 2 aromatic rings. The number of hydrazone groups is 1. The lowest BCUT2D eigenvalue weighted by molar-refractivity contribution is 0.0955. The molecule has 1 aliphatic rings. The molecule has 118 valence electrons. The minimum atomic E-state index is -0.293. The first-order chi connectivity index (χ1) is 11.1. The van der Waals surface area contributed by atoms with Crippen LogP contribution in [0, 0.1) is 0 Å². The van der Waals surface area contributed by atoms with Gasteiger partial charge in [0.15, 0.2) is 11.5 Å². The summed E-state index contributed by atoms with van der Waals surface area (Å²) in [6.07, 6.45) is 0. The van der Waals surface area contributed by atoms with E-state index in [2.05, 4.69) is 10.5 Å². The van der Waals surface area contributed by atoms with Gasteiger partial charge in [-0.05, 0) is 49.4 Å². The van der Waals surface area contributed by atoms with Crippen LogP contribution in [0.2, 0.25) is 5.02 Å². The number of nitrogens with one attached hydrogen (secondary N) is 1. The van der Waals surface area contributed by atoms with Crippen LogP contribution in [0.4, 0.5) is 0 Å². The summed E-state index contributed by atoms with van der Waals surface area (Å²) in [6.45, 7) is 2.89. The van der Waals surface area contributed by atoms with E-state index in [1.807, 2.05) is 25.1 Å². The van der Waals surface area contributed by atoms with E-state index in [0.717, 1.165) is 11.3 Å². The summed E-state index contributed by atoms with van der Waals surface area (Å²) >= 11 is 5.80. The van der Waals surface area contributed by atoms with E-state index in [-0.39, 0.29) is 5.91 Å². The number of halogens is 1. The second-order valence-corrected chi connectivity index (χ2v) is 5.44. The van der Waals surface area contributed by atoms with Gasteiger partial charge in [0.1, 0.15) is 13.2 Å². The van der Waals surface area contributed by atoms with Gasteiger partial charge < -0.3 is 9.47 Å². The van der Waals surface area contributed by atoms with Crippen molar-refractivity contribution in [1.82, 2.24) is 5.43 Å². The van der Waals surface area contributed by atoms with Crippen LogP contribution < -0.4 is 14.9 Å². The topological polar surface area (TPSA) is 59.9 Å². The Morgan fingerprint density at radius 2 is 1.70 bits per heavy atom. The molecule has 1 aliphatic heterocycles. The van der Waals surface area contributed by atoms with Crippen LogP contribution in [-0.4, -0.2) is 24.8 Å². The number of hydrogen-bond donors (Lipinski definition) is 1. The highest BCUT2D eigenvalue weighted by molar-refractivity contribution is 6.30. The first kappa shape index (κ1) is 15.4. The fraction of sp³-hybridized carbons (Fsp3) is 0.176. The molecular weight excluding hydrogens is 316 g/mol. The van der Waals surface area contributed by atoms with Crippen molar-refractivity contribution < 1.29 is 14.3 Å². The van der Waals surface area contributed by atoms with Gasteiger partial charge in [0.05, 0.1) is 5.71 Å². The molecule has 2 aromatic carbocycles. The van der Waals surface area contributed by atoms with Gasteiger partial charge >= 0.3 is 0 Å². The third-order valence-corrected chi connectivity index (χ3v) is 3.64. The molecule has 0 spiro atoms. The molecule has 0 bridgehead atoms. The standard InChI is InChI=1S/C17H15ClN2O3/c1-11(13-4-7-15-16(10-13)23-9-8-22-15)19-20-17(21)12-2-5-14(18)6-3-12/h2-7,10H,8-9H2,1H3,(H,20,21)/b19-11+. The van der Waals surface area contributed by atoms with Crippen LogP contribution in [0.25, 0.3) is 0 Å². The van der Waals surface area contributed by atoms with Gasteiger partial charge in [0, 0.05) is 16.1 Å². The van der Waals surface area contributed by atoms with Gasteiger partial charge in [-0.2, -0.15) is 5.10 Å². The monoisotopic (exact) mass is 330 g/mol. The molecular formula is C17H15ClN2O3. The molecule has 0 radical (unpaired) electrons. The normalized spacial score (nSPS) is 13.6. The van der Waals surface area contributed by atoms with Crippen LogP contribution >= 0.6 is 11.6 Å². The van der Waals surface area contributed by atoms with Gasteiger partial charge in [0.25, 0.3) is 5.91 Å². The number of amides is 1. The zero-order valence-corrected chi connectivity index (χ0v) is 13.3. The van der Waals surface area contributed by atoms with Crippen LogP contribution in [-0.2, 0) is 0 Å². The van der Waals surface area contributed by atoms with Crippen molar-refractivity contribution >= 4 is 23.2 Å². The first-order valence-electron chi connectivity index (χ1n) is 7.14. The molecule has 1 N–H and O–H groups in total. The van der Waals surface area contributed by atoms with Gasteiger partial charge in [-0.15, -0.1) is 0 Å². The summed E-state index contributed by atoms with van der Waals surface area (Å²) < 4.78 is 11.0. The highest BCUT2D eigenvalue weighted by Crippen LogP contribution is 2.30. The maximum atomic E-state index is 12.0. The van der Waals surface area contributed by atoms with E-state index in [0.29, 0.717) is 35.3 Å². The van der Waals surface area contributed by atoms with Gasteiger partial charge in [-0.3, -0.25) is 4.79 Å². The molecule has 0 atom stereocenters. The number of nitrogens with zero attached hydrogens (tertiary/aromatic N) is 1. The Morgan fingerprint density at radius 1 is 1.04 bits per heavy atom. The number of fused-ring (bicyclic) bond motifs is 1. The minimum Gasteiger partial charge on any atom is -0.486 e. The van der Waals surface area contributed by atoms with E-state index in [4.69, 9.17) is 21.1 Å². The molecule has 23 heavy (non-hydrogen) atoms. The average molecular weight is 331 g/mol. The summed E-state index contributed by atoms with van der Waals surface area (Å²) in [5.41, 5.74) is 4.55. The summed E-state index contributed by atoms with van der Waals surface area (Å²) in [4.78, 5) is 12.0. The zero-order valence-electron chi connectivity index (χ0n) is 12.5. The molecule has 0 aliphatic carbocycles. The number of benzene rings is 2. The summed E-state index contributed by atoms with van der Waals surface area (Å²) in [7, 11) is 0. The van der Waals surface area contributed by atoms with Crippen molar-refractivity contribution in [2.24, 2.45) is 5.10 Å². The molecule has 0 fully saturated rings. The van der Waals surface area contributed by atoms with E-state index < -0.39 is 0 Å². The zero-order chi connectivity index (χ0) is 16.2. The molecule has 1 heterocycles. The Bertz CT molecular complexity index is 757. The Kier molecular flexibility index (Phi) is 4.48. The third-order valence-electron chi connectivity index (χ3n) is 3.39. The summed E-state index contributed by atoms with van der Waals surface area (Å²) in [5, 5.41) is 4.71. The number of hydrogen-bond acceptors (Lipinski definition) is 4. The fourth-order valence-electron chi connectivity index (χ4n) is 2.13. The van der Waals surface area contributed by atoms with Crippen molar-refractivity contribution in [2.75, 3.05) is 13.2 Å². The smallest absolute Gasteiger partial charge is 0.271 e. The lowest BCUT2D eigenvalue weighted by Crippen LogP contribution is -2.19. The summed E-state index contributed by atoms with van der Waals surface area (Å²) in [5.74, 6) is 1.11. The number of carbonyl (C=O) groups excluding carboxylic acids is 1. The number of rotatable bonds is 3. The molecule has 5 nitrogen and oxygen atoms in total. The molecule has 6 heteroatoms. The maximum absolute atomic E-state index is 12.0. The molecule has 0 unspecified atom stereocenters. The highest BCUT2D eigenvalue weighted by atomic mass is 35.5. The second-order valence-electron chi connectivity index (χ2n) is 5.00. The lowest BCUT2D eigenvalue weighted by atomic mass is 10.1. The molecule has 1 amide bonds. The van der Waals surface area contributed by atoms with Gasteiger partial charge in [-0.25, -0.2) is 5.43 Å². The van der Waals surface area contributed by atoms with Crippen molar-refractivity contribution in [1.29, 1.82) is 0 Å². The van der Waals surface area contributed by atoms with Gasteiger partial charge in [0.2, 0.25) is 0 Å². The second kappa shape index (κ2) is 6.71. The molecule has 0 saturated heterocycles. The summed E-state index contributed by atoms with van der Waals surface area (Å²) in [6, 6.07) is 12.2. The predicted molar refractivity (Wildman–Crippen MR) is 88.6 cm³/mol. The quantitative estimate of drug-likeness (QED) is 0.694. The van der Waals surface area contributed by atoms with Crippen molar-refractivity contribution in [3.05, 3.63) is 58.6 Å². The van der Waals surface area contributed by atoms with Crippen molar-refractivity contribution in [2.45, 2.75) is 6.92 Å². The molecule has 3 rings (SSSR count). The van der Waals surface area contributed by atoms with E-state index >= 15 is 0 Å². The Morgan fingerprint density at radius 3 is 2.43 bits per heavy atom. The van der Waals surface area contributed by atoms with E-state index in [9.17, 15) is 4.79 Å². The SMILES string of the molecule is C/C(=N\NC(=O)c1ccc(Cl)cc1)c1ccc2c(c1)OCCO2. The number of ether oxygens (including phenoxy) is 2. The fourth-order valence-corrected chi connectivity index (χ4v) is 2.26.